The number of hydrogen-bond donors (Lipinski definition) is 2. The number of rotatable bonds is 14. The lowest BCUT2D eigenvalue weighted by Crippen LogP contribution is -2.12. The number of aryl methyl sites for hydroxylation is 2. The number of aromatic nitrogens is 1. The number of unbranched alkanes of at least 4 members (excludes halogenated alkanes) is 1. The maximum atomic E-state index is 12.7. The third-order valence-electron chi connectivity index (χ3n) is 6.03. The fourth-order valence-corrected chi connectivity index (χ4v) is 4.18. The minimum absolute atomic E-state index is 0.0486. The highest BCUT2D eigenvalue weighted by Crippen LogP contribution is 2.28. The van der Waals surface area contributed by atoms with Crippen LogP contribution in [0.15, 0.2) is 60.9 Å². The summed E-state index contributed by atoms with van der Waals surface area (Å²) in [6.07, 6.45) is 8.17. The van der Waals surface area contributed by atoms with Crippen LogP contribution in [-0.4, -0.2) is 28.9 Å². The molecule has 6 nitrogen and oxygen atoms in total. The fourth-order valence-electron chi connectivity index (χ4n) is 4.18. The first-order valence-electron chi connectivity index (χ1n) is 11.7. The van der Waals surface area contributed by atoms with Gasteiger partial charge in [-0.05, 0) is 67.0 Å². The monoisotopic (exact) mass is 462 g/mol. The van der Waals surface area contributed by atoms with E-state index < -0.39 is 0 Å². The van der Waals surface area contributed by atoms with E-state index in [9.17, 15) is 19.8 Å². The Morgan fingerprint density at radius 1 is 0.971 bits per heavy atom. The zero-order valence-electron chi connectivity index (χ0n) is 19.6. The Bertz CT molecular complexity index is 1070. The Balaban J connectivity index is 1.46. The molecule has 1 heterocycles. The topological polar surface area (TPSA) is 97.9 Å². The van der Waals surface area contributed by atoms with Crippen molar-refractivity contribution in [1.82, 2.24) is 4.98 Å². The van der Waals surface area contributed by atoms with Crippen LogP contribution in [0.5, 0.6) is 17.2 Å². The highest BCUT2D eigenvalue weighted by atomic mass is 16.5. The summed E-state index contributed by atoms with van der Waals surface area (Å²) in [6, 6.07) is 14.2. The van der Waals surface area contributed by atoms with Crippen LogP contribution in [-0.2, 0) is 22.4 Å². The molecule has 0 saturated carbocycles. The van der Waals surface area contributed by atoms with Gasteiger partial charge in [-0.1, -0.05) is 36.2 Å². The van der Waals surface area contributed by atoms with Crippen LogP contribution in [0, 0.1) is 0 Å². The van der Waals surface area contributed by atoms with Crippen LogP contribution in [0.2, 0.25) is 0 Å². The second-order valence-electron chi connectivity index (χ2n) is 8.67. The maximum absolute atomic E-state index is 12.7. The van der Waals surface area contributed by atoms with Crippen LogP contribution >= 0.6 is 0 Å². The largest absolute Gasteiger partial charge is 0.670 e. The molecule has 0 fully saturated rings. The van der Waals surface area contributed by atoms with Gasteiger partial charge in [-0.25, -0.2) is 0 Å². The molecule has 0 aliphatic rings. The van der Waals surface area contributed by atoms with Gasteiger partial charge in [0, 0.05) is 12.8 Å². The zero-order chi connectivity index (χ0) is 24.3. The van der Waals surface area contributed by atoms with Gasteiger partial charge in [0.1, 0.15) is 17.3 Å². The van der Waals surface area contributed by atoms with E-state index in [0.29, 0.717) is 18.6 Å². The van der Waals surface area contributed by atoms with Crippen molar-refractivity contribution in [3.63, 3.8) is 0 Å². The van der Waals surface area contributed by atoms with E-state index in [1.54, 1.807) is 42.7 Å². The molecule has 3 rings (SSSR count). The SMILES string of the molecule is COc1cc(CCC(=O)CC(=O)CC(CCCCc2cccc(O)c2)c2cc[n-]c2)ccc1O. The Morgan fingerprint density at radius 3 is 2.53 bits per heavy atom. The maximum Gasteiger partial charge on any atom is 0.160 e. The van der Waals surface area contributed by atoms with Crippen molar-refractivity contribution in [3.8, 4) is 17.2 Å². The number of phenols is 2. The number of aromatic hydroxyl groups is 2. The number of carbonyl (C=O) groups is 2. The van der Waals surface area contributed by atoms with Crippen LogP contribution < -0.4 is 9.72 Å². The molecule has 2 N–H and O–H groups in total. The fraction of sp³-hybridized carbons (Fsp3) is 0.357. The standard InChI is InChI=1S/C28H32NO5/c1-34-28-16-21(10-12-27(28)33)9-11-25(31)18-26(32)17-22(23-13-14-29-19-23)7-3-2-5-20-6-4-8-24(30)15-20/h4,6,8,10,12-16,19,22,30,33H,2-3,5,7,9,11,17-18H2,1H3/q-1. The summed E-state index contributed by atoms with van der Waals surface area (Å²) in [7, 11) is 1.48. The molecule has 1 aromatic heterocycles. The number of nitrogens with zero attached hydrogens (tertiary/aromatic N) is 1. The molecule has 3 aromatic rings. The lowest BCUT2D eigenvalue weighted by Gasteiger charge is -2.16. The molecule has 0 amide bonds. The molecular formula is C28H32NO5-. The number of ether oxygens (including phenoxy) is 1. The molecule has 1 atom stereocenters. The first-order valence-corrected chi connectivity index (χ1v) is 11.7. The molecule has 34 heavy (non-hydrogen) atoms. The normalized spacial score (nSPS) is 11.8. The predicted molar refractivity (Wildman–Crippen MR) is 130 cm³/mol. The lowest BCUT2D eigenvalue weighted by atomic mass is 9.88. The lowest BCUT2D eigenvalue weighted by molar-refractivity contribution is -0.127. The first kappa shape index (κ1) is 25.1. The molecule has 180 valence electrons. The van der Waals surface area contributed by atoms with E-state index in [1.165, 1.54) is 7.11 Å². The Kier molecular flexibility index (Phi) is 9.32. The summed E-state index contributed by atoms with van der Waals surface area (Å²) in [5, 5.41) is 19.3. The van der Waals surface area contributed by atoms with Gasteiger partial charge in [0.15, 0.2) is 11.5 Å². The van der Waals surface area contributed by atoms with Gasteiger partial charge < -0.3 is 19.9 Å². The molecule has 0 bridgehead atoms. The van der Waals surface area contributed by atoms with Gasteiger partial charge in [0.25, 0.3) is 0 Å². The molecule has 0 aliphatic carbocycles. The minimum atomic E-state index is -0.0830. The van der Waals surface area contributed by atoms with Crippen LogP contribution in [0.1, 0.15) is 61.1 Å². The third kappa shape index (κ3) is 7.80. The van der Waals surface area contributed by atoms with Gasteiger partial charge >= 0.3 is 0 Å². The van der Waals surface area contributed by atoms with Crippen LogP contribution in [0.4, 0.5) is 0 Å². The average molecular weight is 463 g/mol. The number of methoxy groups -OCH3 is 1. The first-order chi connectivity index (χ1) is 16.4. The third-order valence-corrected chi connectivity index (χ3v) is 6.03. The van der Waals surface area contributed by atoms with Crippen molar-refractivity contribution in [1.29, 1.82) is 0 Å². The van der Waals surface area contributed by atoms with Crippen molar-refractivity contribution >= 4 is 11.6 Å². The number of Topliss-reactive ketones (excluding diaryl/α,β-unsaturated/α-hetero) is 2. The van der Waals surface area contributed by atoms with E-state index in [4.69, 9.17) is 4.74 Å². The second kappa shape index (κ2) is 12.6. The van der Waals surface area contributed by atoms with Crippen LogP contribution in [0.25, 0.3) is 0 Å². The second-order valence-corrected chi connectivity index (χ2v) is 8.67. The summed E-state index contributed by atoms with van der Waals surface area (Å²) >= 11 is 0. The van der Waals surface area contributed by atoms with Crippen LogP contribution in [0.3, 0.4) is 0 Å². The predicted octanol–water partition coefficient (Wildman–Crippen LogP) is 5.11. The summed E-state index contributed by atoms with van der Waals surface area (Å²) in [5.74, 6) is 0.623. The summed E-state index contributed by atoms with van der Waals surface area (Å²) in [6.45, 7) is 0. The Morgan fingerprint density at radius 2 is 1.79 bits per heavy atom. The number of ketones is 2. The Labute approximate surface area is 200 Å². The minimum Gasteiger partial charge on any atom is -0.670 e. The van der Waals surface area contributed by atoms with Gasteiger partial charge in [-0.3, -0.25) is 9.59 Å². The number of benzene rings is 2. The quantitative estimate of drug-likeness (QED) is 0.255. The van der Waals surface area contributed by atoms with Crippen molar-refractivity contribution in [3.05, 3.63) is 77.6 Å². The number of carbonyl (C=O) groups excluding carboxylic acids is 2. The highest BCUT2D eigenvalue weighted by Gasteiger charge is 2.18. The van der Waals surface area contributed by atoms with Gasteiger partial charge in [0.05, 0.1) is 13.5 Å². The molecule has 0 radical (unpaired) electrons. The van der Waals surface area contributed by atoms with Crippen molar-refractivity contribution < 1.29 is 24.5 Å². The van der Waals surface area contributed by atoms with Crippen molar-refractivity contribution in [2.75, 3.05) is 7.11 Å². The van der Waals surface area contributed by atoms with E-state index in [2.05, 4.69) is 4.98 Å². The Hall–Kier alpha value is -3.54. The van der Waals surface area contributed by atoms with Crippen molar-refractivity contribution in [2.24, 2.45) is 0 Å². The van der Waals surface area contributed by atoms with Gasteiger partial charge in [-0.15, -0.1) is 0 Å². The number of hydrogen-bond acceptors (Lipinski definition) is 5. The summed E-state index contributed by atoms with van der Waals surface area (Å²) in [5.41, 5.74) is 3.01. The zero-order valence-corrected chi connectivity index (χ0v) is 19.6. The van der Waals surface area contributed by atoms with E-state index in [-0.39, 0.29) is 41.8 Å². The van der Waals surface area contributed by atoms with E-state index >= 15 is 0 Å². The smallest absolute Gasteiger partial charge is 0.160 e. The highest BCUT2D eigenvalue weighted by molar-refractivity contribution is 5.99. The summed E-state index contributed by atoms with van der Waals surface area (Å²) < 4.78 is 5.10. The molecule has 0 saturated heterocycles. The van der Waals surface area contributed by atoms with E-state index in [0.717, 1.165) is 42.4 Å². The average Bonchev–Trinajstić information content (AvgIpc) is 3.35. The van der Waals surface area contributed by atoms with Gasteiger partial charge in [0.2, 0.25) is 0 Å². The molecule has 2 aromatic carbocycles. The van der Waals surface area contributed by atoms with E-state index in [1.807, 2.05) is 18.2 Å². The molecular weight excluding hydrogens is 430 g/mol. The molecule has 1 unspecified atom stereocenters. The summed E-state index contributed by atoms with van der Waals surface area (Å²) in [4.78, 5) is 29.3. The molecule has 6 heteroatoms. The number of phenolic OH excluding ortho intramolecular Hbond substituents is 2. The van der Waals surface area contributed by atoms with Crippen molar-refractivity contribution in [2.45, 2.75) is 57.3 Å². The van der Waals surface area contributed by atoms with Gasteiger partial charge in [-0.2, -0.15) is 12.4 Å². The molecule has 0 aliphatic heterocycles. The molecule has 0 spiro atoms.